The second-order valence-corrected chi connectivity index (χ2v) is 7.94. The highest BCUT2D eigenvalue weighted by molar-refractivity contribution is 14.0. The monoisotopic (exact) mass is 515 g/mol. The van der Waals surface area contributed by atoms with E-state index in [0.29, 0.717) is 13.1 Å². The number of morpholine rings is 1. The number of aryl methyl sites for hydroxylation is 1. The first-order chi connectivity index (χ1) is 13.2. The van der Waals surface area contributed by atoms with Crippen LogP contribution in [-0.2, 0) is 24.4 Å². The van der Waals surface area contributed by atoms with E-state index in [0.717, 1.165) is 50.4 Å². The lowest BCUT2D eigenvalue weighted by Crippen LogP contribution is -2.36. The number of guanidine groups is 1. The summed E-state index contributed by atoms with van der Waals surface area (Å²) in [5.74, 6) is 0.822. The smallest absolute Gasteiger partial charge is 0.191 e. The highest BCUT2D eigenvalue weighted by Gasteiger charge is 2.10. The molecule has 0 unspecified atom stereocenters. The Labute approximate surface area is 188 Å². The lowest BCUT2D eigenvalue weighted by Gasteiger charge is -2.26. The van der Waals surface area contributed by atoms with Gasteiger partial charge in [0, 0.05) is 37.3 Å². The Morgan fingerprint density at radius 3 is 2.54 bits per heavy atom. The van der Waals surface area contributed by atoms with Crippen LogP contribution in [0.3, 0.4) is 0 Å². The van der Waals surface area contributed by atoms with Crippen LogP contribution in [0, 0.1) is 6.92 Å². The third kappa shape index (κ3) is 7.65. The third-order valence-electron chi connectivity index (χ3n) is 4.37. The number of halogens is 1. The van der Waals surface area contributed by atoms with Crippen molar-refractivity contribution in [3.05, 3.63) is 51.5 Å². The van der Waals surface area contributed by atoms with E-state index in [1.807, 2.05) is 6.20 Å². The molecule has 1 aromatic heterocycles. The minimum atomic E-state index is 0. The fourth-order valence-corrected chi connectivity index (χ4v) is 3.65. The first-order valence-corrected chi connectivity index (χ1v) is 10.4. The molecule has 0 radical (unpaired) electrons. The van der Waals surface area contributed by atoms with Gasteiger partial charge in [-0.05, 0) is 25.0 Å². The summed E-state index contributed by atoms with van der Waals surface area (Å²) in [6.45, 7) is 11.0. The van der Waals surface area contributed by atoms with Crippen LogP contribution in [0.1, 0.15) is 27.9 Å². The zero-order valence-corrected chi connectivity index (χ0v) is 19.8. The molecule has 154 valence electrons. The number of aromatic nitrogens is 1. The van der Waals surface area contributed by atoms with Crippen molar-refractivity contribution in [1.82, 2.24) is 20.5 Å². The van der Waals surface area contributed by atoms with E-state index in [9.17, 15) is 0 Å². The van der Waals surface area contributed by atoms with Crippen molar-refractivity contribution in [2.45, 2.75) is 33.5 Å². The summed E-state index contributed by atoms with van der Waals surface area (Å²) in [5, 5.41) is 7.72. The van der Waals surface area contributed by atoms with Crippen LogP contribution in [0.4, 0.5) is 0 Å². The Morgan fingerprint density at radius 1 is 1.18 bits per heavy atom. The number of hydrogen-bond donors (Lipinski definition) is 2. The van der Waals surface area contributed by atoms with Gasteiger partial charge in [0.2, 0.25) is 0 Å². The summed E-state index contributed by atoms with van der Waals surface area (Å²) < 4.78 is 5.41. The number of benzene rings is 1. The van der Waals surface area contributed by atoms with Crippen molar-refractivity contribution >= 4 is 41.3 Å². The van der Waals surface area contributed by atoms with Gasteiger partial charge in [-0.3, -0.25) is 4.90 Å². The predicted molar refractivity (Wildman–Crippen MR) is 126 cm³/mol. The van der Waals surface area contributed by atoms with E-state index >= 15 is 0 Å². The van der Waals surface area contributed by atoms with Crippen molar-refractivity contribution < 1.29 is 4.74 Å². The van der Waals surface area contributed by atoms with Crippen LogP contribution < -0.4 is 10.6 Å². The lowest BCUT2D eigenvalue weighted by molar-refractivity contribution is 0.0342. The fourth-order valence-electron chi connectivity index (χ4n) is 2.92. The summed E-state index contributed by atoms with van der Waals surface area (Å²) in [6, 6.07) is 8.76. The lowest BCUT2D eigenvalue weighted by atomic mass is 10.1. The minimum absolute atomic E-state index is 0. The summed E-state index contributed by atoms with van der Waals surface area (Å²) in [6.07, 6.45) is 1.91. The number of thiazole rings is 1. The van der Waals surface area contributed by atoms with Crippen LogP contribution in [0.2, 0.25) is 0 Å². The molecule has 28 heavy (non-hydrogen) atoms. The summed E-state index contributed by atoms with van der Waals surface area (Å²) in [7, 11) is 0. The van der Waals surface area contributed by atoms with Crippen LogP contribution >= 0.6 is 35.3 Å². The molecule has 1 aliphatic heterocycles. The van der Waals surface area contributed by atoms with E-state index in [-0.39, 0.29) is 24.0 Å². The van der Waals surface area contributed by atoms with Gasteiger partial charge >= 0.3 is 0 Å². The van der Waals surface area contributed by atoms with E-state index < -0.39 is 0 Å². The van der Waals surface area contributed by atoms with Gasteiger partial charge in [0.25, 0.3) is 0 Å². The molecule has 2 N–H and O–H groups in total. The van der Waals surface area contributed by atoms with Gasteiger partial charge in [-0.1, -0.05) is 24.3 Å². The van der Waals surface area contributed by atoms with Gasteiger partial charge in [0.05, 0.1) is 26.3 Å². The van der Waals surface area contributed by atoms with E-state index in [4.69, 9.17) is 9.73 Å². The average Bonchev–Trinajstić information content (AvgIpc) is 3.11. The fraction of sp³-hybridized carbons (Fsp3) is 0.500. The van der Waals surface area contributed by atoms with Crippen molar-refractivity contribution in [3.63, 3.8) is 0 Å². The van der Waals surface area contributed by atoms with Crippen LogP contribution in [-0.4, -0.2) is 48.7 Å². The number of nitrogens with one attached hydrogen (secondary N) is 2. The second-order valence-electron chi connectivity index (χ2n) is 6.62. The predicted octanol–water partition coefficient (Wildman–Crippen LogP) is 3.16. The Hall–Kier alpha value is -1.23. The van der Waals surface area contributed by atoms with Crippen LogP contribution in [0.5, 0.6) is 0 Å². The average molecular weight is 515 g/mol. The largest absolute Gasteiger partial charge is 0.379 e. The molecular formula is C20H30IN5OS. The molecule has 8 heteroatoms. The molecule has 0 bridgehead atoms. The molecule has 0 atom stereocenters. The maximum atomic E-state index is 5.41. The number of rotatable bonds is 7. The standard InChI is InChI=1S/C20H29N5OS.HI/c1-3-21-20(24-14-19-22-12-16(2)27-19)23-13-17-4-6-18(7-5-17)15-25-8-10-26-11-9-25;/h4-7,12H,3,8-11,13-15H2,1-2H3,(H2,21,23,24);1H. The molecule has 1 saturated heterocycles. The number of ether oxygens (including phenoxy) is 1. The van der Waals surface area contributed by atoms with Crippen molar-refractivity contribution in [1.29, 1.82) is 0 Å². The second kappa shape index (κ2) is 12.4. The maximum absolute atomic E-state index is 5.41. The topological polar surface area (TPSA) is 61.8 Å². The minimum Gasteiger partial charge on any atom is -0.379 e. The molecule has 0 spiro atoms. The zero-order valence-electron chi connectivity index (χ0n) is 16.6. The normalized spacial score (nSPS) is 15.1. The molecule has 2 aromatic rings. The Kier molecular flexibility index (Phi) is 10.2. The maximum Gasteiger partial charge on any atom is 0.191 e. The van der Waals surface area contributed by atoms with Crippen molar-refractivity contribution in [2.24, 2.45) is 4.99 Å². The van der Waals surface area contributed by atoms with Crippen LogP contribution in [0.15, 0.2) is 35.5 Å². The van der Waals surface area contributed by atoms with Crippen molar-refractivity contribution in [2.75, 3.05) is 32.8 Å². The molecule has 1 aliphatic rings. The zero-order chi connectivity index (χ0) is 18.9. The molecule has 1 fully saturated rings. The highest BCUT2D eigenvalue weighted by Crippen LogP contribution is 2.11. The Bertz CT molecular complexity index is 728. The number of hydrogen-bond acceptors (Lipinski definition) is 5. The molecule has 0 aliphatic carbocycles. The molecule has 3 rings (SSSR count). The molecule has 6 nitrogen and oxygen atoms in total. The molecule has 2 heterocycles. The van der Waals surface area contributed by atoms with Gasteiger partial charge in [0.1, 0.15) is 5.01 Å². The molecule has 0 amide bonds. The van der Waals surface area contributed by atoms with Gasteiger partial charge < -0.3 is 15.4 Å². The molecule has 0 saturated carbocycles. The highest BCUT2D eigenvalue weighted by atomic mass is 127. The van der Waals surface area contributed by atoms with Gasteiger partial charge in [0.15, 0.2) is 5.96 Å². The first kappa shape index (κ1) is 23.1. The first-order valence-electron chi connectivity index (χ1n) is 9.54. The Balaban J connectivity index is 0.00000280. The summed E-state index contributed by atoms with van der Waals surface area (Å²) in [4.78, 5) is 12.7. The molecule has 1 aromatic carbocycles. The van der Waals surface area contributed by atoms with Gasteiger partial charge in [-0.15, -0.1) is 35.3 Å². The Morgan fingerprint density at radius 2 is 1.89 bits per heavy atom. The van der Waals surface area contributed by atoms with E-state index in [1.165, 1.54) is 16.0 Å². The third-order valence-corrected chi connectivity index (χ3v) is 5.29. The summed E-state index contributed by atoms with van der Waals surface area (Å²) in [5.41, 5.74) is 2.55. The number of aliphatic imine (C=N–C) groups is 1. The summed E-state index contributed by atoms with van der Waals surface area (Å²) >= 11 is 1.71. The van der Waals surface area contributed by atoms with Gasteiger partial charge in [-0.2, -0.15) is 0 Å². The SMILES string of the molecule is CCNC(=NCc1ccc(CN2CCOCC2)cc1)NCc1ncc(C)s1.I. The van der Waals surface area contributed by atoms with Crippen molar-refractivity contribution in [3.8, 4) is 0 Å². The van der Waals surface area contributed by atoms with E-state index in [1.54, 1.807) is 11.3 Å². The molecular weight excluding hydrogens is 485 g/mol. The van der Waals surface area contributed by atoms with E-state index in [2.05, 4.69) is 58.6 Å². The van der Waals surface area contributed by atoms with Gasteiger partial charge in [-0.25, -0.2) is 9.98 Å². The number of nitrogens with zero attached hydrogens (tertiary/aromatic N) is 3. The quantitative estimate of drug-likeness (QED) is 0.337. The van der Waals surface area contributed by atoms with Crippen LogP contribution in [0.25, 0.3) is 0 Å².